The number of pyridine rings is 1. The maximum absolute atomic E-state index is 5.98. The van der Waals surface area contributed by atoms with E-state index in [4.69, 9.17) is 4.74 Å². The Kier molecular flexibility index (Phi) is 6.67. The maximum Gasteiger partial charge on any atom is 0.191 e. The Hall–Kier alpha value is -2.41. The summed E-state index contributed by atoms with van der Waals surface area (Å²) >= 11 is 0. The molecular weight excluding hydrogens is 352 g/mol. The van der Waals surface area contributed by atoms with E-state index >= 15 is 0 Å². The van der Waals surface area contributed by atoms with Crippen molar-refractivity contribution >= 4 is 5.96 Å². The average Bonchev–Trinajstić information content (AvgIpc) is 3.26. The zero-order valence-electron chi connectivity index (χ0n) is 17.4. The summed E-state index contributed by atoms with van der Waals surface area (Å²) in [7, 11) is 1.81. The van der Waals surface area contributed by atoms with Crippen LogP contribution in [0.15, 0.2) is 41.8 Å². The second-order valence-electron chi connectivity index (χ2n) is 7.22. The molecular formula is C21H32N6O. The molecule has 1 aliphatic rings. The van der Waals surface area contributed by atoms with Crippen molar-refractivity contribution in [3.05, 3.63) is 42.4 Å². The van der Waals surface area contributed by atoms with Crippen LogP contribution >= 0.6 is 0 Å². The second-order valence-corrected chi connectivity index (χ2v) is 7.22. The van der Waals surface area contributed by atoms with Crippen molar-refractivity contribution in [2.75, 3.05) is 13.7 Å². The van der Waals surface area contributed by atoms with Crippen LogP contribution in [0.3, 0.4) is 0 Å². The molecule has 0 aliphatic heterocycles. The Bertz CT molecular complexity index is 769. The molecule has 152 valence electrons. The first kappa shape index (κ1) is 20.3. The highest BCUT2D eigenvalue weighted by Crippen LogP contribution is 2.48. The molecule has 7 nitrogen and oxygen atoms in total. The Balaban J connectivity index is 1.61. The van der Waals surface area contributed by atoms with Gasteiger partial charge in [-0.05, 0) is 49.9 Å². The summed E-state index contributed by atoms with van der Waals surface area (Å²) in [6.45, 7) is 8.03. The first-order chi connectivity index (χ1) is 13.7. The van der Waals surface area contributed by atoms with Gasteiger partial charge in [0.15, 0.2) is 11.8 Å². The van der Waals surface area contributed by atoms with E-state index in [2.05, 4.69) is 46.5 Å². The van der Waals surface area contributed by atoms with E-state index in [1.165, 1.54) is 0 Å². The second kappa shape index (κ2) is 9.19. The van der Waals surface area contributed by atoms with Gasteiger partial charge in [0.2, 0.25) is 0 Å². The fourth-order valence-electron chi connectivity index (χ4n) is 4.23. The average molecular weight is 385 g/mol. The highest BCUT2D eigenvalue weighted by atomic mass is 16.5. The van der Waals surface area contributed by atoms with Gasteiger partial charge in [-0.25, -0.2) is 9.67 Å². The lowest BCUT2D eigenvalue weighted by Crippen LogP contribution is -2.65. The predicted octanol–water partition coefficient (Wildman–Crippen LogP) is 2.92. The molecule has 28 heavy (non-hydrogen) atoms. The van der Waals surface area contributed by atoms with Crippen LogP contribution in [0.5, 0.6) is 0 Å². The quantitative estimate of drug-likeness (QED) is 0.541. The Morgan fingerprint density at radius 1 is 1.32 bits per heavy atom. The Morgan fingerprint density at radius 2 is 2.14 bits per heavy atom. The first-order valence-electron chi connectivity index (χ1n) is 10.2. The van der Waals surface area contributed by atoms with Crippen LogP contribution in [-0.4, -0.2) is 46.5 Å². The third kappa shape index (κ3) is 4.04. The summed E-state index contributed by atoms with van der Waals surface area (Å²) in [5.74, 6) is 1.63. The molecule has 0 amide bonds. The minimum absolute atomic E-state index is 0.178. The molecule has 2 unspecified atom stereocenters. The molecule has 3 rings (SSSR count). The predicted molar refractivity (Wildman–Crippen MR) is 112 cm³/mol. The third-order valence-corrected chi connectivity index (χ3v) is 6.01. The number of nitrogens with one attached hydrogen (secondary N) is 2. The maximum atomic E-state index is 5.98. The zero-order valence-corrected chi connectivity index (χ0v) is 17.4. The van der Waals surface area contributed by atoms with Crippen LogP contribution in [0.1, 0.15) is 45.6 Å². The van der Waals surface area contributed by atoms with Crippen molar-refractivity contribution in [3.8, 4) is 5.82 Å². The summed E-state index contributed by atoms with van der Waals surface area (Å²) in [4.78, 5) is 8.80. The molecule has 0 bridgehead atoms. The number of guanidine groups is 1. The molecule has 0 radical (unpaired) electrons. The number of ether oxygens (including phenoxy) is 1. The molecule has 1 saturated carbocycles. The smallest absolute Gasteiger partial charge is 0.191 e. The number of aliphatic imine (C=N–C) groups is 1. The fraction of sp³-hybridized carbons (Fsp3) is 0.571. The molecule has 0 aromatic carbocycles. The normalized spacial score (nSPS) is 21.2. The minimum Gasteiger partial charge on any atom is -0.378 e. The molecule has 2 heterocycles. The molecule has 2 aromatic rings. The van der Waals surface area contributed by atoms with Crippen molar-refractivity contribution in [2.45, 2.75) is 58.7 Å². The molecule has 1 aliphatic carbocycles. The van der Waals surface area contributed by atoms with Crippen LogP contribution in [0, 0.1) is 5.41 Å². The van der Waals surface area contributed by atoms with E-state index in [-0.39, 0.29) is 5.41 Å². The summed E-state index contributed by atoms with van der Waals surface area (Å²) < 4.78 is 7.74. The number of nitrogens with zero attached hydrogens (tertiary/aromatic N) is 4. The lowest BCUT2D eigenvalue weighted by atomic mass is 9.58. The van der Waals surface area contributed by atoms with Crippen molar-refractivity contribution in [2.24, 2.45) is 10.4 Å². The van der Waals surface area contributed by atoms with Crippen molar-refractivity contribution in [1.29, 1.82) is 0 Å². The van der Waals surface area contributed by atoms with Crippen LogP contribution < -0.4 is 10.6 Å². The van der Waals surface area contributed by atoms with Gasteiger partial charge in [0.1, 0.15) is 0 Å². The van der Waals surface area contributed by atoms with Crippen molar-refractivity contribution in [3.63, 3.8) is 0 Å². The van der Waals surface area contributed by atoms with E-state index in [1.807, 2.05) is 37.6 Å². The van der Waals surface area contributed by atoms with Gasteiger partial charge in [0.05, 0.1) is 6.10 Å². The molecule has 0 spiro atoms. The van der Waals surface area contributed by atoms with Gasteiger partial charge in [-0.1, -0.05) is 13.8 Å². The minimum atomic E-state index is 0.178. The monoisotopic (exact) mass is 384 g/mol. The lowest BCUT2D eigenvalue weighted by Gasteiger charge is -2.55. The third-order valence-electron chi connectivity index (χ3n) is 6.01. The largest absolute Gasteiger partial charge is 0.378 e. The number of hydrogen-bond donors (Lipinski definition) is 2. The van der Waals surface area contributed by atoms with E-state index in [0.717, 1.165) is 43.2 Å². The Morgan fingerprint density at radius 3 is 2.79 bits per heavy atom. The van der Waals surface area contributed by atoms with Gasteiger partial charge in [-0.3, -0.25) is 4.99 Å². The number of rotatable bonds is 8. The van der Waals surface area contributed by atoms with Gasteiger partial charge in [0, 0.05) is 50.2 Å². The summed E-state index contributed by atoms with van der Waals surface area (Å²) in [5, 5.41) is 11.3. The lowest BCUT2D eigenvalue weighted by molar-refractivity contribution is -0.133. The van der Waals surface area contributed by atoms with Gasteiger partial charge >= 0.3 is 0 Å². The van der Waals surface area contributed by atoms with Crippen LogP contribution in [-0.2, 0) is 11.3 Å². The van der Waals surface area contributed by atoms with Gasteiger partial charge < -0.3 is 15.4 Å². The number of aromatic nitrogens is 3. The molecule has 7 heteroatoms. The standard InChI is InChI=1S/C21H32N6O/c1-5-21(6-2)17(14-18(21)28-7-3)26-20(22-4)24-15-16-9-11-23-19(13-16)27-12-8-10-25-27/h8-13,17-18H,5-7,14-15H2,1-4H3,(H2,22,24,26). The van der Waals surface area contributed by atoms with E-state index in [1.54, 1.807) is 10.9 Å². The Labute approximate surface area is 167 Å². The number of hydrogen-bond acceptors (Lipinski definition) is 4. The molecule has 2 aromatic heterocycles. The topological polar surface area (TPSA) is 76.4 Å². The fourth-order valence-corrected chi connectivity index (χ4v) is 4.23. The van der Waals surface area contributed by atoms with Gasteiger partial charge in [-0.2, -0.15) is 5.10 Å². The van der Waals surface area contributed by atoms with E-state index < -0.39 is 0 Å². The molecule has 1 fully saturated rings. The molecule has 2 atom stereocenters. The summed E-state index contributed by atoms with van der Waals surface area (Å²) in [6.07, 6.45) is 9.00. The summed E-state index contributed by atoms with van der Waals surface area (Å²) in [6, 6.07) is 6.30. The SMILES string of the molecule is CCOC1CC(NC(=NC)NCc2ccnc(-n3cccn3)c2)C1(CC)CC. The van der Waals surface area contributed by atoms with E-state index in [0.29, 0.717) is 18.7 Å². The highest BCUT2D eigenvalue weighted by Gasteiger charge is 2.53. The zero-order chi connectivity index (χ0) is 20.0. The van der Waals surface area contributed by atoms with Gasteiger partial charge in [-0.15, -0.1) is 0 Å². The first-order valence-corrected chi connectivity index (χ1v) is 10.2. The molecule has 0 saturated heterocycles. The van der Waals surface area contributed by atoms with E-state index in [9.17, 15) is 0 Å². The van der Waals surface area contributed by atoms with Crippen LogP contribution in [0.4, 0.5) is 0 Å². The van der Waals surface area contributed by atoms with Gasteiger partial charge in [0.25, 0.3) is 0 Å². The van der Waals surface area contributed by atoms with Crippen LogP contribution in [0.2, 0.25) is 0 Å². The van der Waals surface area contributed by atoms with Crippen LogP contribution in [0.25, 0.3) is 5.82 Å². The summed E-state index contributed by atoms with van der Waals surface area (Å²) in [5.41, 5.74) is 1.30. The molecule has 2 N–H and O–H groups in total. The van der Waals surface area contributed by atoms with Crippen molar-refractivity contribution in [1.82, 2.24) is 25.4 Å². The van der Waals surface area contributed by atoms with Crippen molar-refractivity contribution < 1.29 is 4.74 Å². The highest BCUT2D eigenvalue weighted by molar-refractivity contribution is 5.80.